The van der Waals surface area contributed by atoms with Crippen molar-refractivity contribution in [3.05, 3.63) is 59.0 Å². The van der Waals surface area contributed by atoms with Crippen LogP contribution < -0.4 is 14.4 Å². The van der Waals surface area contributed by atoms with Gasteiger partial charge in [0.25, 0.3) is 5.91 Å². The topological polar surface area (TPSA) is 88.6 Å². The predicted molar refractivity (Wildman–Crippen MR) is 128 cm³/mol. The first-order valence-corrected chi connectivity index (χ1v) is 13.1. The van der Waals surface area contributed by atoms with Crippen molar-refractivity contribution >= 4 is 38.1 Å². The van der Waals surface area contributed by atoms with E-state index in [0.29, 0.717) is 29.4 Å². The second-order valence-corrected chi connectivity index (χ2v) is 10.5. The minimum Gasteiger partial charge on any atom is -0.494 e. The number of thiazole rings is 1. The zero-order valence-corrected chi connectivity index (χ0v) is 19.8. The number of fused-ring (bicyclic) bond motifs is 1. The molecule has 0 fully saturated rings. The molecule has 1 aliphatic heterocycles. The highest BCUT2D eigenvalue weighted by molar-refractivity contribution is 7.92. The lowest BCUT2D eigenvalue weighted by molar-refractivity contribution is 0.102. The maximum absolute atomic E-state index is 12.8. The summed E-state index contributed by atoms with van der Waals surface area (Å²) in [4.78, 5) is 17.3. The molecule has 3 aromatic rings. The van der Waals surface area contributed by atoms with Gasteiger partial charge >= 0.3 is 0 Å². The van der Waals surface area contributed by atoms with Crippen molar-refractivity contribution in [3.63, 3.8) is 0 Å². The number of carbonyl (C=O) groups excluding carboxylic acids is 1. The van der Waals surface area contributed by atoms with E-state index in [0.717, 1.165) is 29.0 Å². The van der Waals surface area contributed by atoms with Crippen LogP contribution in [0.5, 0.6) is 5.75 Å². The van der Waals surface area contributed by atoms with Gasteiger partial charge in [-0.1, -0.05) is 6.92 Å². The summed E-state index contributed by atoms with van der Waals surface area (Å²) < 4.78 is 31.2. The van der Waals surface area contributed by atoms with Gasteiger partial charge in [0.15, 0.2) is 5.13 Å². The fourth-order valence-electron chi connectivity index (χ4n) is 3.82. The van der Waals surface area contributed by atoms with Crippen molar-refractivity contribution in [2.75, 3.05) is 22.5 Å². The molecule has 7 nitrogen and oxygen atoms in total. The lowest BCUT2D eigenvalue weighted by Crippen LogP contribution is -2.34. The number of amides is 1. The van der Waals surface area contributed by atoms with E-state index in [1.54, 1.807) is 18.2 Å². The molecule has 2 heterocycles. The lowest BCUT2D eigenvalue weighted by Gasteiger charge is -2.21. The Bertz CT molecular complexity index is 1240. The second kappa shape index (κ2) is 8.91. The second-order valence-electron chi connectivity index (χ2n) is 7.82. The molecule has 32 heavy (non-hydrogen) atoms. The third-order valence-electron chi connectivity index (χ3n) is 5.20. The Kier molecular flexibility index (Phi) is 6.21. The molecule has 0 unspecified atom stereocenters. The zero-order valence-electron chi connectivity index (χ0n) is 18.2. The molecule has 0 spiro atoms. The molecule has 0 radical (unpaired) electrons. The average molecular weight is 472 g/mol. The summed E-state index contributed by atoms with van der Waals surface area (Å²) in [6.07, 6.45) is 2.73. The summed E-state index contributed by atoms with van der Waals surface area (Å²) in [6, 6.07) is 12.6. The molecular weight excluding hydrogens is 446 g/mol. The molecule has 0 bridgehead atoms. The summed E-state index contributed by atoms with van der Waals surface area (Å²) in [6.45, 7) is 4.60. The van der Waals surface area contributed by atoms with E-state index in [4.69, 9.17) is 4.74 Å². The van der Waals surface area contributed by atoms with Gasteiger partial charge in [-0.2, -0.15) is 0 Å². The molecule has 1 atom stereocenters. The monoisotopic (exact) mass is 471 g/mol. The van der Waals surface area contributed by atoms with E-state index in [-0.39, 0.29) is 11.9 Å². The van der Waals surface area contributed by atoms with Gasteiger partial charge in [0.05, 0.1) is 24.2 Å². The largest absolute Gasteiger partial charge is 0.494 e. The first-order valence-electron chi connectivity index (χ1n) is 10.4. The van der Waals surface area contributed by atoms with Crippen LogP contribution in [-0.4, -0.2) is 38.2 Å². The maximum Gasteiger partial charge on any atom is 0.257 e. The fraction of sp³-hybridized carbons (Fsp3) is 0.304. The van der Waals surface area contributed by atoms with E-state index in [9.17, 15) is 13.2 Å². The average Bonchev–Trinajstić information content (AvgIpc) is 3.35. The summed E-state index contributed by atoms with van der Waals surface area (Å²) in [5, 5.41) is 5.24. The van der Waals surface area contributed by atoms with Crippen molar-refractivity contribution in [3.8, 4) is 17.0 Å². The van der Waals surface area contributed by atoms with Gasteiger partial charge in [-0.05, 0) is 67.8 Å². The number of nitrogens with zero attached hydrogens (tertiary/aromatic N) is 2. The van der Waals surface area contributed by atoms with Crippen molar-refractivity contribution in [1.82, 2.24) is 4.98 Å². The highest BCUT2D eigenvalue weighted by Crippen LogP contribution is 2.35. The van der Waals surface area contributed by atoms with Crippen LogP contribution in [0.1, 0.15) is 36.2 Å². The Balaban J connectivity index is 1.47. The van der Waals surface area contributed by atoms with Gasteiger partial charge in [-0.3, -0.25) is 14.4 Å². The van der Waals surface area contributed by atoms with E-state index in [1.165, 1.54) is 21.9 Å². The van der Waals surface area contributed by atoms with Gasteiger partial charge in [0, 0.05) is 22.5 Å². The van der Waals surface area contributed by atoms with Gasteiger partial charge < -0.3 is 4.74 Å². The number of rotatable bonds is 7. The smallest absolute Gasteiger partial charge is 0.257 e. The number of sulfonamides is 1. The molecule has 0 saturated heterocycles. The molecule has 2 aromatic carbocycles. The van der Waals surface area contributed by atoms with Crippen molar-refractivity contribution < 1.29 is 17.9 Å². The molecular formula is C23H25N3O4S2. The minimum absolute atomic E-state index is 0.168. The summed E-state index contributed by atoms with van der Waals surface area (Å²) in [5.74, 6) is 0.544. The lowest BCUT2D eigenvalue weighted by atomic mass is 10.1. The Hall–Kier alpha value is -2.91. The number of nitrogens with one attached hydrogen (secondary N) is 1. The molecule has 168 valence electrons. The Labute approximate surface area is 192 Å². The van der Waals surface area contributed by atoms with Crippen LogP contribution in [0.2, 0.25) is 0 Å². The van der Waals surface area contributed by atoms with Gasteiger partial charge in [-0.15, -0.1) is 11.3 Å². The summed E-state index contributed by atoms with van der Waals surface area (Å²) >= 11 is 1.35. The van der Waals surface area contributed by atoms with Crippen molar-refractivity contribution in [2.45, 2.75) is 32.7 Å². The number of carbonyl (C=O) groups is 1. The van der Waals surface area contributed by atoms with E-state index in [1.807, 2.05) is 36.6 Å². The van der Waals surface area contributed by atoms with Crippen LogP contribution in [0.3, 0.4) is 0 Å². The maximum atomic E-state index is 12.8. The van der Waals surface area contributed by atoms with Crippen molar-refractivity contribution in [1.29, 1.82) is 0 Å². The third-order valence-corrected chi connectivity index (χ3v) is 7.23. The third kappa shape index (κ3) is 4.63. The summed E-state index contributed by atoms with van der Waals surface area (Å²) in [5.41, 5.74) is 3.68. The van der Waals surface area contributed by atoms with Gasteiger partial charge in [-0.25, -0.2) is 13.4 Å². The number of hydrogen-bond donors (Lipinski definition) is 1. The normalized spacial score (nSPS) is 15.5. The summed E-state index contributed by atoms with van der Waals surface area (Å²) in [7, 11) is -3.36. The quantitative estimate of drug-likeness (QED) is 0.546. The van der Waals surface area contributed by atoms with Crippen LogP contribution in [0.25, 0.3) is 11.3 Å². The molecule has 1 N–H and O–H groups in total. The fourth-order valence-corrected chi connectivity index (χ4v) is 5.80. The van der Waals surface area contributed by atoms with Crippen LogP contribution >= 0.6 is 11.3 Å². The number of anilines is 2. The molecule has 9 heteroatoms. The Morgan fingerprint density at radius 3 is 2.69 bits per heavy atom. The van der Waals surface area contributed by atoms with Crippen LogP contribution in [0.15, 0.2) is 47.8 Å². The van der Waals surface area contributed by atoms with Crippen LogP contribution in [0, 0.1) is 0 Å². The molecule has 1 aliphatic rings. The van der Waals surface area contributed by atoms with E-state index >= 15 is 0 Å². The van der Waals surface area contributed by atoms with Crippen LogP contribution in [0.4, 0.5) is 10.8 Å². The number of benzene rings is 2. The zero-order chi connectivity index (χ0) is 22.9. The number of ether oxygens (including phenoxy) is 1. The number of aromatic nitrogens is 1. The highest BCUT2D eigenvalue weighted by atomic mass is 32.2. The first kappa shape index (κ1) is 22.3. The molecule has 0 aliphatic carbocycles. The standard InChI is InChI=1S/C23H25N3O4S2/c1-4-11-30-19-8-5-16(6-9-19)20-14-31-23(24-20)25-22(27)17-7-10-21-18(13-17)12-15(2)26(21)32(3,28)29/h5-10,13-15H,4,11-12H2,1-3H3,(H,24,25,27)/t15-/m1/s1. The van der Waals surface area contributed by atoms with Gasteiger partial charge in [0.2, 0.25) is 10.0 Å². The SMILES string of the molecule is CCCOc1ccc(-c2csc(NC(=O)c3ccc4c(c3)C[C@@H](C)N4S(C)(=O)=O)n2)cc1. The first-order chi connectivity index (χ1) is 15.3. The molecule has 1 amide bonds. The molecule has 4 rings (SSSR count). The van der Waals surface area contributed by atoms with Gasteiger partial charge in [0.1, 0.15) is 5.75 Å². The minimum atomic E-state index is -3.36. The van der Waals surface area contributed by atoms with Crippen molar-refractivity contribution in [2.24, 2.45) is 0 Å². The highest BCUT2D eigenvalue weighted by Gasteiger charge is 2.32. The Morgan fingerprint density at radius 2 is 2.00 bits per heavy atom. The Morgan fingerprint density at radius 1 is 1.25 bits per heavy atom. The molecule has 0 saturated carbocycles. The van der Waals surface area contributed by atoms with Crippen LogP contribution in [-0.2, 0) is 16.4 Å². The van der Waals surface area contributed by atoms with E-state index in [2.05, 4.69) is 17.2 Å². The number of hydrogen-bond acceptors (Lipinski definition) is 6. The molecule has 1 aromatic heterocycles. The van der Waals surface area contributed by atoms with E-state index < -0.39 is 10.0 Å². The predicted octanol–water partition coefficient (Wildman–Crippen LogP) is 4.56.